The number of hydrogen-bond donors (Lipinski definition) is 7. The Labute approximate surface area is 157 Å². The molecule has 9 nitrogen and oxygen atoms in total. The van der Waals surface area contributed by atoms with Crippen molar-refractivity contribution < 1.29 is 24.3 Å². The van der Waals surface area contributed by atoms with Crippen LogP contribution in [0.5, 0.6) is 0 Å². The molecule has 0 bridgehead atoms. The van der Waals surface area contributed by atoms with E-state index in [-0.39, 0.29) is 17.4 Å². The number of carbonyl (C=O) groups excluding carboxylic acids is 3. The number of aliphatic carboxylic acids is 1. The zero-order valence-corrected chi connectivity index (χ0v) is 16.1. The van der Waals surface area contributed by atoms with Gasteiger partial charge in [0.2, 0.25) is 17.7 Å². The van der Waals surface area contributed by atoms with Gasteiger partial charge in [-0.2, -0.15) is 25.3 Å². The minimum Gasteiger partial charge on any atom is -0.480 e. The van der Waals surface area contributed by atoms with Crippen LogP contribution in [0.4, 0.5) is 0 Å². The van der Waals surface area contributed by atoms with Crippen molar-refractivity contribution in [2.24, 2.45) is 11.7 Å². The molecule has 0 aromatic heterocycles. The maximum Gasteiger partial charge on any atom is 0.326 e. The van der Waals surface area contributed by atoms with Gasteiger partial charge in [-0.05, 0) is 12.8 Å². The van der Waals surface area contributed by atoms with Gasteiger partial charge in [0.15, 0.2) is 0 Å². The van der Waals surface area contributed by atoms with E-state index in [1.165, 1.54) is 6.92 Å². The number of hydrogen-bond acceptors (Lipinski definition) is 7. The largest absolute Gasteiger partial charge is 0.480 e. The molecule has 6 N–H and O–H groups in total. The summed E-state index contributed by atoms with van der Waals surface area (Å²) in [5.41, 5.74) is 5.52. The summed E-state index contributed by atoms with van der Waals surface area (Å²) in [4.78, 5) is 47.0. The number of thiol groups is 2. The number of rotatable bonds is 10. The van der Waals surface area contributed by atoms with Crippen molar-refractivity contribution in [3.8, 4) is 0 Å². The van der Waals surface area contributed by atoms with Crippen LogP contribution in [0.15, 0.2) is 0 Å². The third-order valence-corrected chi connectivity index (χ3v) is 4.09. The van der Waals surface area contributed by atoms with Crippen molar-refractivity contribution in [1.82, 2.24) is 16.0 Å². The Morgan fingerprint density at radius 1 is 0.920 bits per heavy atom. The van der Waals surface area contributed by atoms with Crippen LogP contribution in [-0.2, 0) is 19.2 Å². The molecule has 4 atom stereocenters. The lowest BCUT2D eigenvalue weighted by Crippen LogP contribution is -2.57. The Morgan fingerprint density at radius 2 is 1.48 bits per heavy atom. The Kier molecular flexibility index (Phi) is 10.6. The first-order valence-corrected chi connectivity index (χ1v) is 8.92. The van der Waals surface area contributed by atoms with Gasteiger partial charge in [0.1, 0.15) is 18.1 Å². The average molecular weight is 395 g/mol. The molecule has 0 spiro atoms. The van der Waals surface area contributed by atoms with Crippen LogP contribution in [0, 0.1) is 5.92 Å². The van der Waals surface area contributed by atoms with Crippen molar-refractivity contribution in [1.29, 1.82) is 0 Å². The third-order valence-electron chi connectivity index (χ3n) is 3.33. The normalized spacial score (nSPS) is 15.6. The summed E-state index contributed by atoms with van der Waals surface area (Å²) in [6.07, 6.45) is 0. The Morgan fingerprint density at radius 3 is 1.88 bits per heavy atom. The van der Waals surface area contributed by atoms with Crippen molar-refractivity contribution in [3.05, 3.63) is 0 Å². The SMILES string of the molecule is CC(NC(=O)C(CS)NC(=O)C(N)CS)C(=O)NC(C(=O)O)C(C)C. The topological polar surface area (TPSA) is 151 Å². The van der Waals surface area contributed by atoms with Gasteiger partial charge in [0.05, 0.1) is 6.04 Å². The molecule has 0 aromatic rings. The summed E-state index contributed by atoms with van der Waals surface area (Å²) in [7, 11) is 0. The highest BCUT2D eigenvalue weighted by Crippen LogP contribution is 2.02. The van der Waals surface area contributed by atoms with E-state index in [0.717, 1.165) is 0 Å². The first kappa shape index (κ1) is 23.5. The van der Waals surface area contributed by atoms with E-state index in [4.69, 9.17) is 10.8 Å². The Bertz CT molecular complexity index is 504. The fraction of sp³-hybridized carbons (Fsp3) is 0.714. The lowest BCUT2D eigenvalue weighted by molar-refractivity contribution is -0.143. The van der Waals surface area contributed by atoms with Crippen LogP contribution in [0.3, 0.4) is 0 Å². The van der Waals surface area contributed by atoms with E-state index in [1.807, 2.05) is 0 Å². The quantitative estimate of drug-likeness (QED) is 0.222. The molecule has 0 radical (unpaired) electrons. The second-order valence-electron chi connectivity index (χ2n) is 5.83. The number of amides is 3. The zero-order valence-electron chi connectivity index (χ0n) is 14.4. The molecule has 11 heteroatoms. The van der Waals surface area contributed by atoms with Gasteiger partial charge >= 0.3 is 5.97 Å². The van der Waals surface area contributed by atoms with Gasteiger partial charge in [-0.3, -0.25) is 14.4 Å². The highest BCUT2D eigenvalue weighted by atomic mass is 32.1. The molecule has 0 aliphatic rings. The molecule has 3 amide bonds. The third kappa shape index (κ3) is 7.97. The number of carboxylic acids is 1. The number of nitrogens with one attached hydrogen (secondary N) is 3. The monoisotopic (exact) mass is 394 g/mol. The van der Waals surface area contributed by atoms with Gasteiger partial charge < -0.3 is 26.8 Å². The molecular weight excluding hydrogens is 368 g/mol. The van der Waals surface area contributed by atoms with Crippen molar-refractivity contribution in [3.63, 3.8) is 0 Å². The predicted octanol–water partition coefficient (Wildman–Crippen LogP) is -1.61. The lowest BCUT2D eigenvalue weighted by atomic mass is 10.0. The van der Waals surface area contributed by atoms with Crippen molar-refractivity contribution >= 4 is 48.9 Å². The van der Waals surface area contributed by atoms with Gasteiger partial charge in [-0.25, -0.2) is 4.79 Å². The minimum absolute atomic E-state index is 0.00501. The van der Waals surface area contributed by atoms with Gasteiger partial charge in [-0.1, -0.05) is 13.8 Å². The van der Waals surface area contributed by atoms with Crippen LogP contribution >= 0.6 is 25.3 Å². The molecule has 144 valence electrons. The first-order chi connectivity index (χ1) is 11.5. The smallest absolute Gasteiger partial charge is 0.326 e. The summed E-state index contributed by atoms with van der Waals surface area (Å²) >= 11 is 7.90. The van der Waals surface area contributed by atoms with Crippen LogP contribution in [0.25, 0.3) is 0 Å². The van der Waals surface area contributed by atoms with Crippen molar-refractivity contribution in [2.45, 2.75) is 44.9 Å². The van der Waals surface area contributed by atoms with Crippen LogP contribution in [-0.4, -0.2) is 64.5 Å². The van der Waals surface area contributed by atoms with Crippen molar-refractivity contribution in [2.75, 3.05) is 11.5 Å². The van der Waals surface area contributed by atoms with Crippen LogP contribution < -0.4 is 21.7 Å². The maximum absolute atomic E-state index is 12.2. The van der Waals surface area contributed by atoms with E-state index in [0.29, 0.717) is 0 Å². The Hall–Kier alpha value is -1.46. The predicted molar refractivity (Wildman–Crippen MR) is 99.6 cm³/mol. The summed E-state index contributed by atoms with van der Waals surface area (Å²) in [5.74, 6) is -3.22. The number of nitrogens with two attached hydrogens (primary N) is 1. The van der Waals surface area contributed by atoms with Gasteiger partial charge in [0.25, 0.3) is 0 Å². The fourth-order valence-corrected chi connectivity index (χ4v) is 2.15. The van der Waals surface area contributed by atoms with Crippen LogP contribution in [0.1, 0.15) is 20.8 Å². The number of carbonyl (C=O) groups is 4. The molecular formula is C14H26N4O5S2. The van der Waals surface area contributed by atoms with Crippen LogP contribution in [0.2, 0.25) is 0 Å². The second kappa shape index (κ2) is 11.2. The molecule has 0 rings (SSSR count). The molecule has 0 fully saturated rings. The molecule has 25 heavy (non-hydrogen) atoms. The highest BCUT2D eigenvalue weighted by Gasteiger charge is 2.28. The van der Waals surface area contributed by atoms with E-state index in [9.17, 15) is 19.2 Å². The van der Waals surface area contributed by atoms with Gasteiger partial charge in [-0.15, -0.1) is 0 Å². The highest BCUT2D eigenvalue weighted by molar-refractivity contribution is 7.80. The molecule has 0 aliphatic heterocycles. The fourth-order valence-electron chi connectivity index (χ4n) is 1.73. The zero-order chi connectivity index (χ0) is 19.7. The molecule has 0 aromatic carbocycles. The molecule has 0 aliphatic carbocycles. The summed E-state index contributed by atoms with van der Waals surface area (Å²) < 4.78 is 0. The molecule has 0 saturated carbocycles. The summed E-state index contributed by atoms with van der Waals surface area (Å²) in [5, 5.41) is 16.3. The van der Waals surface area contributed by atoms with E-state index < -0.39 is 47.9 Å². The molecule has 0 saturated heterocycles. The average Bonchev–Trinajstić information content (AvgIpc) is 2.54. The lowest BCUT2D eigenvalue weighted by Gasteiger charge is -2.23. The summed E-state index contributed by atoms with van der Waals surface area (Å²) in [6, 6.07) is -3.93. The molecule has 0 heterocycles. The summed E-state index contributed by atoms with van der Waals surface area (Å²) in [6.45, 7) is 4.71. The molecule has 4 unspecified atom stereocenters. The standard InChI is InChI=1S/C14H26N4O5S2/c1-6(2)10(14(22)23)18-11(19)7(3)16-13(21)9(5-25)17-12(20)8(15)4-24/h6-10,24-25H,4-5,15H2,1-3H3,(H,16,21)(H,17,20)(H,18,19)(H,22,23). The van der Waals surface area contributed by atoms with E-state index in [2.05, 4.69) is 41.2 Å². The Balaban J connectivity index is 4.76. The number of carboxylic acid groups (broad SMARTS) is 1. The maximum atomic E-state index is 12.2. The van der Waals surface area contributed by atoms with Gasteiger partial charge in [0, 0.05) is 11.5 Å². The minimum atomic E-state index is -1.16. The first-order valence-electron chi connectivity index (χ1n) is 7.66. The second-order valence-corrected chi connectivity index (χ2v) is 6.56. The van der Waals surface area contributed by atoms with E-state index >= 15 is 0 Å². The van der Waals surface area contributed by atoms with E-state index in [1.54, 1.807) is 13.8 Å².